The van der Waals surface area contributed by atoms with Gasteiger partial charge in [-0.3, -0.25) is 14.3 Å². The number of aryl methyl sites for hydroxylation is 2. The van der Waals surface area contributed by atoms with Crippen LogP contribution >= 0.6 is 11.8 Å². The molecule has 1 saturated heterocycles. The standard InChI is InChI=1S/C17H22N4O2S/c1-12-3-4-13-10-19-21(15(13)9-12)7-2-6-18-17(23)14-11-24-8-5-16(22)20-14/h3-4,9-10,14H,2,5-8,11H2,1H3,(H,18,23)(H,20,22)/t14-/m1/s1. The second-order valence-corrected chi connectivity index (χ2v) is 7.17. The largest absolute Gasteiger partial charge is 0.354 e. The number of hydrogen-bond acceptors (Lipinski definition) is 4. The van der Waals surface area contributed by atoms with Gasteiger partial charge in [0, 0.05) is 36.4 Å². The van der Waals surface area contributed by atoms with Crippen molar-refractivity contribution in [2.45, 2.75) is 32.4 Å². The molecule has 1 aromatic carbocycles. The number of benzene rings is 1. The minimum Gasteiger partial charge on any atom is -0.354 e. The highest BCUT2D eigenvalue weighted by Gasteiger charge is 2.22. The van der Waals surface area contributed by atoms with Crippen LogP contribution in [0, 0.1) is 6.92 Å². The van der Waals surface area contributed by atoms with Crippen LogP contribution in [-0.2, 0) is 16.1 Å². The van der Waals surface area contributed by atoms with Crippen molar-refractivity contribution in [2.24, 2.45) is 0 Å². The maximum Gasteiger partial charge on any atom is 0.243 e. The van der Waals surface area contributed by atoms with Crippen LogP contribution in [-0.4, -0.2) is 45.7 Å². The molecule has 0 saturated carbocycles. The zero-order valence-corrected chi connectivity index (χ0v) is 14.6. The highest BCUT2D eigenvalue weighted by molar-refractivity contribution is 7.99. The number of nitrogens with one attached hydrogen (secondary N) is 2. The summed E-state index contributed by atoms with van der Waals surface area (Å²) < 4.78 is 1.97. The Balaban J connectivity index is 1.48. The van der Waals surface area contributed by atoms with E-state index in [9.17, 15) is 9.59 Å². The number of carbonyl (C=O) groups is 2. The van der Waals surface area contributed by atoms with Gasteiger partial charge >= 0.3 is 0 Å². The predicted octanol–water partition coefficient (Wildman–Crippen LogP) is 1.47. The molecule has 2 aromatic rings. The van der Waals surface area contributed by atoms with E-state index >= 15 is 0 Å². The summed E-state index contributed by atoms with van der Waals surface area (Å²) in [5.74, 6) is 1.28. The molecule has 0 aliphatic carbocycles. The average molecular weight is 346 g/mol. The Morgan fingerprint density at radius 2 is 2.38 bits per heavy atom. The van der Waals surface area contributed by atoms with Crippen LogP contribution in [0.5, 0.6) is 0 Å². The molecule has 2 amide bonds. The first kappa shape index (κ1) is 16.8. The van der Waals surface area contributed by atoms with Gasteiger partial charge in [0.2, 0.25) is 11.8 Å². The fraction of sp³-hybridized carbons (Fsp3) is 0.471. The van der Waals surface area contributed by atoms with E-state index in [1.54, 1.807) is 11.8 Å². The van der Waals surface area contributed by atoms with Crippen LogP contribution in [0.2, 0.25) is 0 Å². The van der Waals surface area contributed by atoms with E-state index in [0.29, 0.717) is 18.7 Å². The van der Waals surface area contributed by atoms with Crippen molar-refractivity contribution in [3.05, 3.63) is 30.0 Å². The second kappa shape index (κ2) is 7.70. The molecule has 0 unspecified atom stereocenters. The van der Waals surface area contributed by atoms with E-state index in [0.717, 1.165) is 29.6 Å². The van der Waals surface area contributed by atoms with Crippen LogP contribution in [0.3, 0.4) is 0 Å². The zero-order chi connectivity index (χ0) is 16.9. The first-order valence-electron chi connectivity index (χ1n) is 8.20. The van der Waals surface area contributed by atoms with Gasteiger partial charge in [0.1, 0.15) is 6.04 Å². The van der Waals surface area contributed by atoms with Crippen molar-refractivity contribution in [1.82, 2.24) is 20.4 Å². The highest BCUT2D eigenvalue weighted by Crippen LogP contribution is 2.15. The van der Waals surface area contributed by atoms with Gasteiger partial charge in [0.25, 0.3) is 0 Å². The van der Waals surface area contributed by atoms with Gasteiger partial charge < -0.3 is 10.6 Å². The lowest BCUT2D eigenvalue weighted by molar-refractivity contribution is -0.128. The molecule has 0 bridgehead atoms. The van der Waals surface area contributed by atoms with Crippen molar-refractivity contribution in [2.75, 3.05) is 18.1 Å². The van der Waals surface area contributed by atoms with E-state index in [1.807, 2.05) is 10.9 Å². The van der Waals surface area contributed by atoms with Gasteiger partial charge in [0.15, 0.2) is 0 Å². The molecule has 1 aliphatic rings. The molecule has 7 heteroatoms. The Kier molecular flexibility index (Phi) is 5.40. The maximum absolute atomic E-state index is 12.2. The smallest absolute Gasteiger partial charge is 0.243 e. The Morgan fingerprint density at radius 3 is 3.25 bits per heavy atom. The summed E-state index contributed by atoms with van der Waals surface area (Å²) in [6, 6.07) is 5.85. The molecule has 1 aromatic heterocycles. The molecule has 3 rings (SSSR count). The number of fused-ring (bicyclic) bond motifs is 1. The van der Waals surface area contributed by atoms with Gasteiger partial charge in [-0.1, -0.05) is 12.1 Å². The maximum atomic E-state index is 12.2. The SMILES string of the molecule is Cc1ccc2cnn(CCCNC(=O)[C@H]3CSCCC(=O)N3)c2c1. The molecule has 2 N–H and O–H groups in total. The lowest BCUT2D eigenvalue weighted by atomic mass is 10.2. The van der Waals surface area contributed by atoms with Gasteiger partial charge in [-0.2, -0.15) is 16.9 Å². The highest BCUT2D eigenvalue weighted by atomic mass is 32.2. The topological polar surface area (TPSA) is 76.0 Å². The van der Waals surface area contributed by atoms with Crippen LogP contribution in [0.4, 0.5) is 0 Å². The summed E-state index contributed by atoms with van der Waals surface area (Å²) in [4.78, 5) is 23.7. The molecule has 0 radical (unpaired) electrons. The minimum absolute atomic E-state index is 0.0430. The predicted molar refractivity (Wildman–Crippen MR) is 96.0 cm³/mol. The van der Waals surface area contributed by atoms with Crippen LogP contribution < -0.4 is 10.6 Å². The molecule has 6 nitrogen and oxygen atoms in total. The molecule has 1 fully saturated rings. The van der Waals surface area contributed by atoms with Gasteiger partial charge in [0.05, 0.1) is 11.7 Å². The molecule has 128 valence electrons. The van der Waals surface area contributed by atoms with Crippen molar-refractivity contribution < 1.29 is 9.59 Å². The third-order valence-electron chi connectivity index (χ3n) is 4.06. The van der Waals surface area contributed by atoms with E-state index in [1.165, 1.54) is 5.56 Å². The molecule has 1 aliphatic heterocycles. The van der Waals surface area contributed by atoms with Crippen LogP contribution in [0.25, 0.3) is 10.9 Å². The number of rotatable bonds is 5. The van der Waals surface area contributed by atoms with Crippen molar-refractivity contribution in [3.63, 3.8) is 0 Å². The number of thioether (sulfide) groups is 1. The van der Waals surface area contributed by atoms with E-state index in [4.69, 9.17) is 0 Å². The van der Waals surface area contributed by atoms with Gasteiger partial charge in [-0.15, -0.1) is 0 Å². The number of aromatic nitrogens is 2. The molecule has 1 atom stereocenters. The normalized spacial score (nSPS) is 18.2. The number of nitrogens with zero attached hydrogens (tertiary/aromatic N) is 2. The van der Waals surface area contributed by atoms with Crippen LogP contribution in [0.15, 0.2) is 24.4 Å². The fourth-order valence-corrected chi connectivity index (χ4v) is 3.70. The first-order chi connectivity index (χ1) is 11.6. The average Bonchev–Trinajstić information content (AvgIpc) is 2.82. The second-order valence-electron chi connectivity index (χ2n) is 6.02. The summed E-state index contributed by atoms with van der Waals surface area (Å²) >= 11 is 1.64. The van der Waals surface area contributed by atoms with Gasteiger partial charge in [-0.05, 0) is 25.0 Å². The summed E-state index contributed by atoms with van der Waals surface area (Å²) in [6.07, 6.45) is 3.15. The van der Waals surface area contributed by atoms with E-state index in [-0.39, 0.29) is 11.8 Å². The molecular weight excluding hydrogens is 324 g/mol. The lowest BCUT2D eigenvalue weighted by Gasteiger charge is -2.15. The lowest BCUT2D eigenvalue weighted by Crippen LogP contribution is -2.47. The summed E-state index contributed by atoms with van der Waals surface area (Å²) in [5, 5.41) is 11.2. The summed E-state index contributed by atoms with van der Waals surface area (Å²) in [7, 11) is 0. The van der Waals surface area contributed by atoms with Crippen LogP contribution in [0.1, 0.15) is 18.4 Å². The minimum atomic E-state index is -0.418. The third kappa shape index (κ3) is 4.08. The Bertz CT molecular complexity index is 743. The molecule has 0 spiro atoms. The number of carbonyl (C=O) groups excluding carboxylic acids is 2. The number of amides is 2. The van der Waals surface area contributed by atoms with E-state index in [2.05, 4.69) is 40.9 Å². The molecular formula is C17H22N4O2S. The van der Waals surface area contributed by atoms with Crippen molar-refractivity contribution >= 4 is 34.5 Å². The monoisotopic (exact) mass is 346 g/mol. The molecule has 2 heterocycles. The summed E-state index contributed by atoms with van der Waals surface area (Å²) in [5.41, 5.74) is 2.33. The number of hydrogen-bond donors (Lipinski definition) is 2. The fourth-order valence-electron chi connectivity index (χ4n) is 2.74. The quantitative estimate of drug-likeness (QED) is 0.804. The van der Waals surface area contributed by atoms with Gasteiger partial charge in [-0.25, -0.2) is 0 Å². The Labute approximate surface area is 145 Å². The molecule has 24 heavy (non-hydrogen) atoms. The zero-order valence-electron chi connectivity index (χ0n) is 13.7. The summed E-state index contributed by atoms with van der Waals surface area (Å²) in [6.45, 7) is 3.39. The Hall–Kier alpha value is -2.02. The van der Waals surface area contributed by atoms with Crippen molar-refractivity contribution in [1.29, 1.82) is 0 Å². The Morgan fingerprint density at radius 1 is 1.50 bits per heavy atom. The van der Waals surface area contributed by atoms with E-state index < -0.39 is 6.04 Å². The third-order valence-corrected chi connectivity index (χ3v) is 5.12. The van der Waals surface area contributed by atoms with Crippen molar-refractivity contribution in [3.8, 4) is 0 Å². The first-order valence-corrected chi connectivity index (χ1v) is 9.36.